The highest BCUT2D eigenvalue weighted by molar-refractivity contribution is 5.99. The molecule has 0 amide bonds. The van der Waals surface area contributed by atoms with Gasteiger partial charge in [-0.05, 0) is 53.2 Å². The first-order chi connectivity index (χ1) is 13.6. The number of hydrazine groups is 1. The average molecular weight is 373 g/mol. The molecule has 3 aromatic carbocycles. The van der Waals surface area contributed by atoms with Gasteiger partial charge in [-0.2, -0.15) is 0 Å². The fourth-order valence-corrected chi connectivity index (χ4v) is 2.93. The number of hydrogen-bond donors (Lipinski definition) is 3. The van der Waals surface area contributed by atoms with E-state index in [1.165, 1.54) is 0 Å². The molecule has 0 atom stereocenters. The summed E-state index contributed by atoms with van der Waals surface area (Å²) >= 11 is 0. The summed E-state index contributed by atoms with van der Waals surface area (Å²) in [6, 6.07) is 17.9. The predicted molar refractivity (Wildman–Crippen MR) is 110 cm³/mol. The maximum atomic E-state index is 12.4. The van der Waals surface area contributed by atoms with Crippen LogP contribution < -0.4 is 15.9 Å². The zero-order valence-electron chi connectivity index (χ0n) is 15.1. The van der Waals surface area contributed by atoms with Crippen LogP contribution in [0.2, 0.25) is 0 Å². The molecular formula is C21H19N5O2. The topological polar surface area (TPSA) is 104 Å². The quantitative estimate of drug-likeness (QED) is 0.276. The van der Waals surface area contributed by atoms with Crippen LogP contribution in [0.3, 0.4) is 0 Å². The molecule has 3 aromatic rings. The van der Waals surface area contributed by atoms with Crippen molar-refractivity contribution in [1.82, 2.24) is 5.01 Å². The molecule has 0 fully saturated rings. The van der Waals surface area contributed by atoms with Crippen LogP contribution in [0.4, 0.5) is 5.69 Å². The summed E-state index contributed by atoms with van der Waals surface area (Å²) in [5.74, 6) is 0.0601. The highest BCUT2D eigenvalue weighted by Crippen LogP contribution is 2.23. The number of anilines is 1. The molecule has 1 aliphatic rings. The van der Waals surface area contributed by atoms with E-state index < -0.39 is 5.97 Å². The first-order valence-corrected chi connectivity index (χ1v) is 8.82. The van der Waals surface area contributed by atoms with Crippen molar-refractivity contribution in [2.45, 2.75) is 0 Å². The van der Waals surface area contributed by atoms with E-state index in [2.05, 4.69) is 10.4 Å². The van der Waals surface area contributed by atoms with Crippen LogP contribution in [0, 0.1) is 5.41 Å². The van der Waals surface area contributed by atoms with Gasteiger partial charge in [-0.1, -0.05) is 18.2 Å². The molecule has 140 valence electrons. The maximum Gasteiger partial charge on any atom is 0.343 e. The second-order valence-electron chi connectivity index (χ2n) is 6.43. The van der Waals surface area contributed by atoms with Gasteiger partial charge in [-0.15, -0.1) is 0 Å². The second kappa shape index (κ2) is 7.40. The Morgan fingerprint density at radius 2 is 1.75 bits per heavy atom. The van der Waals surface area contributed by atoms with Crippen molar-refractivity contribution in [3.8, 4) is 5.75 Å². The maximum absolute atomic E-state index is 12.4. The highest BCUT2D eigenvalue weighted by Gasteiger charge is 2.11. The molecule has 0 radical (unpaired) electrons. The molecule has 1 heterocycles. The molecule has 7 nitrogen and oxygen atoms in total. The predicted octanol–water partition coefficient (Wildman–Crippen LogP) is 3.01. The van der Waals surface area contributed by atoms with E-state index in [0.717, 1.165) is 29.5 Å². The fourth-order valence-electron chi connectivity index (χ4n) is 2.93. The lowest BCUT2D eigenvalue weighted by Gasteiger charge is -2.16. The van der Waals surface area contributed by atoms with Gasteiger partial charge in [-0.3, -0.25) is 20.8 Å². The number of esters is 1. The summed E-state index contributed by atoms with van der Waals surface area (Å²) in [6.45, 7) is 1.60. The lowest BCUT2D eigenvalue weighted by atomic mass is 10.1. The Balaban J connectivity index is 1.45. The third-order valence-electron chi connectivity index (χ3n) is 4.42. The number of carbonyl (C=O) groups excluding carboxylic acids is 1. The number of benzene rings is 3. The van der Waals surface area contributed by atoms with Gasteiger partial charge >= 0.3 is 5.97 Å². The van der Waals surface area contributed by atoms with E-state index in [0.29, 0.717) is 16.9 Å². The zero-order valence-corrected chi connectivity index (χ0v) is 15.1. The van der Waals surface area contributed by atoms with Gasteiger partial charge in [0.15, 0.2) is 0 Å². The van der Waals surface area contributed by atoms with Crippen LogP contribution in [-0.4, -0.2) is 36.2 Å². The smallest absolute Gasteiger partial charge is 0.343 e. The van der Waals surface area contributed by atoms with E-state index in [4.69, 9.17) is 15.9 Å². The summed E-state index contributed by atoms with van der Waals surface area (Å²) in [6.07, 6.45) is 1.75. The number of nitrogens with two attached hydrogens (primary N) is 1. The van der Waals surface area contributed by atoms with Gasteiger partial charge in [0.05, 0.1) is 24.3 Å². The molecule has 0 saturated heterocycles. The van der Waals surface area contributed by atoms with Crippen LogP contribution in [0.5, 0.6) is 5.75 Å². The van der Waals surface area contributed by atoms with Crippen LogP contribution in [-0.2, 0) is 0 Å². The van der Waals surface area contributed by atoms with Crippen molar-refractivity contribution in [2.75, 3.05) is 18.5 Å². The number of amidine groups is 1. The van der Waals surface area contributed by atoms with Crippen LogP contribution >= 0.6 is 0 Å². The number of aliphatic imine (C=N–C) groups is 1. The Bertz CT molecular complexity index is 1080. The van der Waals surface area contributed by atoms with Gasteiger partial charge in [0.25, 0.3) is 0 Å². The molecule has 4 rings (SSSR count). The monoisotopic (exact) mass is 373 g/mol. The van der Waals surface area contributed by atoms with Gasteiger partial charge in [0.1, 0.15) is 17.9 Å². The van der Waals surface area contributed by atoms with Crippen LogP contribution in [0.25, 0.3) is 10.8 Å². The molecule has 0 aliphatic carbocycles. The summed E-state index contributed by atoms with van der Waals surface area (Å²) in [5.41, 5.74) is 10.7. The van der Waals surface area contributed by atoms with E-state index in [-0.39, 0.29) is 5.84 Å². The van der Waals surface area contributed by atoms with Crippen molar-refractivity contribution in [1.29, 1.82) is 5.41 Å². The number of carbonyl (C=O) groups is 1. The third-order valence-corrected chi connectivity index (χ3v) is 4.42. The van der Waals surface area contributed by atoms with Crippen molar-refractivity contribution >= 4 is 34.6 Å². The second-order valence-corrected chi connectivity index (χ2v) is 6.43. The Morgan fingerprint density at radius 3 is 2.46 bits per heavy atom. The van der Waals surface area contributed by atoms with Crippen molar-refractivity contribution in [2.24, 2.45) is 10.7 Å². The minimum atomic E-state index is -0.422. The van der Waals surface area contributed by atoms with E-state index in [9.17, 15) is 4.79 Å². The summed E-state index contributed by atoms with van der Waals surface area (Å²) in [4.78, 5) is 16.6. The van der Waals surface area contributed by atoms with Gasteiger partial charge in [0, 0.05) is 5.56 Å². The fraction of sp³-hybridized carbons (Fsp3) is 0.0952. The Kier molecular flexibility index (Phi) is 4.63. The molecule has 0 unspecified atom stereocenters. The molecule has 28 heavy (non-hydrogen) atoms. The van der Waals surface area contributed by atoms with Crippen molar-refractivity contribution in [3.63, 3.8) is 0 Å². The molecule has 7 heteroatoms. The lowest BCUT2D eigenvalue weighted by Crippen LogP contribution is -2.26. The Hall–Kier alpha value is -3.87. The third kappa shape index (κ3) is 3.78. The molecular weight excluding hydrogens is 354 g/mol. The van der Waals surface area contributed by atoms with Crippen LogP contribution in [0.15, 0.2) is 65.7 Å². The first kappa shape index (κ1) is 17.5. The number of nitrogen functional groups attached to an aromatic ring is 1. The largest absolute Gasteiger partial charge is 0.423 e. The summed E-state index contributed by atoms with van der Waals surface area (Å²) in [5, 5.41) is 11.2. The number of ether oxygens (including phenoxy) is 1. The van der Waals surface area contributed by atoms with E-state index >= 15 is 0 Å². The number of nitrogens with zero attached hydrogens (tertiary/aromatic N) is 2. The summed E-state index contributed by atoms with van der Waals surface area (Å²) < 4.78 is 5.50. The first-order valence-electron chi connectivity index (χ1n) is 8.82. The van der Waals surface area contributed by atoms with Crippen molar-refractivity contribution < 1.29 is 9.53 Å². The Morgan fingerprint density at radius 1 is 1.04 bits per heavy atom. The van der Waals surface area contributed by atoms with Crippen LogP contribution in [0.1, 0.15) is 15.9 Å². The lowest BCUT2D eigenvalue weighted by molar-refractivity contribution is 0.0735. The minimum absolute atomic E-state index is 0.0207. The Labute approximate surface area is 161 Å². The summed E-state index contributed by atoms with van der Waals surface area (Å²) in [7, 11) is 0. The standard InChI is InChI=1S/C21H19N5O2/c22-20(23)17-2-1-16-12-19(8-5-15(16)11-17)28-21(27)14-3-6-18(7-4-14)25-26-10-9-24-13-26/h1-8,11-13,25H,9-10H2,(H3,22,23). The number of hydrogen-bond acceptors (Lipinski definition) is 6. The number of nitrogens with one attached hydrogen (secondary N) is 2. The molecule has 4 N–H and O–H groups in total. The van der Waals surface area contributed by atoms with E-state index in [1.54, 1.807) is 36.7 Å². The number of rotatable bonds is 5. The van der Waals surface area contributed by atoms with Gasteiger partial charge < -0.3 is 10.5 Å². The van der Waals surface area contributed by atoms with Gasteiger partial charge in [0.2, 0.25) is 0 Å². The minimum Gasteiger partial charge on any atom is -0.423 e. The molecule has 0 bridgehead atoms. The van der Waals surface area contributed by atoms with E-state index in [1.807, 2.05) is 35.3 Å². The number of fused-ring (bicyclic) bond motifs is 1. The SMILES string of the molecule is N=C(N)c1ccc2cc(OC(=O)c3ccc(NN4C=NCC4)cc3)ccc2c1. The average Bonchev–Trinajstić information content (AvgIpc) is 3.21. The molecule has 0 spiro atoms. The molecule has 0 saturated carbocycles. The molecule has 0 aromatic heterocycles. The van der Waals surface area contributed by atoms with Gasteiger partial charge in [-0.25, -0.2) is 4.79 Å². The molecule has 1 aliphatic heterocycles. The zero-order chi connectivity index (χ0) is 19.5. The highest BCUT2D eigenvalue weighted by atomic mass is 16.5. The normalized spacial score (nSPS) is 12.9. The van der Waals surface area contributed by atoms with Crippen molar-refractivity contribution in [3.05, 3.63) is 71.8 Å².